The van der Waals surface area contributed by atoms with Gasteiger partial charge in [0, 0.05) is 0 Å². The first-order valence-corrected chi connectivity index (χ1v) is 8.83. The maximum atomic E-state index is 2.62. The fraction of sp³-hybridized carbons (Fsp3) is 1.00. The van der Waals surface area contributed by atoms with E-state index < -0.39 is 0 Å². The highest BCUT2D eigenvalue weighted by molar-refractivity contribution is 5.18. The van der Waals surface area contributed by atoms with Crippen LogP contribution in [0.2, 0.25) is 0 Å². The highest BCUT2D eigenvalue weighted by atomic mass is 14.7. The molecule has 6 atom stereocenters. The Kier molecular flexibility index (Phi) is 2.29. The van der Waals surface area contributed by atoms with E-state index in [9.17, 15) is 0 Å². The Labute approximate surface area is 119 Å². The Hall–Kier alpha value is 0. The van der Waals surface area contributed by atoms with Gasteiger partial charge in [0.1, 0.15) is 0 Å². The second kappa shape index (κ2) is 3.42. The van der Waals surface area contributed by atoms with Gasteiger partial charge in [-0.15, -0.1) is 0 Å². The first kappa shape index (κ1) is 12.7. The molecule has 0 amide bonds. The summed E-state index contributed by atoms with van der Waals surface area (Å²) in [6.07, 6.45) is 13.8. The second-order valence-corrected chi connectivity index (χ2v) is 9.72. The van der Waals surface area contributed by atoms with Crippen LogP contribution in [0.15, 0.2) is 0 Å². The van der Waals surface area contributed by atoms with Crippen molar-refractivity contribution >= 4 is 0 Å². The molecule has 0 N–H and O–H groups in total. The lowest BCUT2D eigenvalue weighted by atomic mass is 9.65. The van der Waals surface area contributed by atoms with E-state index in [1.165, 1.54) is 51.4 Å². The van der Waals surface area contributed by atoms with Gasteiger partial charge < -0.3 is 0 Å². The molecule has 0 nitrogen and oxygen atoms in total. The van der Waals surface area contributed by atoms with Crippen LogP contribution in [0, 0.1) is 33.5 Å². The van der Waals surface area contributed by atoms with Crippen molar-refractivity contribution < 1.29 is 0 Å². The fourth-order valence-corrected chi connectivity index (χ4v) is 6.77. The molecule has 0 aromatic carbocycles. The Morgan fingerprint density at radius 1 is 0.737 bits per heavy atom. The normalized spacial score (nSPS) is 63.2. The molecule has 4 fully saturated rings. The predicted molar refractivity (Wildman–Crippen MR) is 81.0 cm³/mol. The summed E-state index contributed by atoms with van der Waals surface area (Å²) in [7, 11) is 0. The molecule has 0 aliphatic heterocycles. The van der Waals surface area contributed by atoms with Crippen molar-refractivity contribution in [3.05, 3.63) is 0 Å². The minimum atomic E-state index is 0.727. The van der Waals surface area contributed by atoms with Crippen molar-refractivity contribution in [1.82, 2.24) is 0 Å². The van der Waals surface area contributed by atoms with Gasteiger partial charge in [0.05, 0.1) is 0 Å². The van der Waals surface area contributed by atoms with Gasteiger partial charge in [-0.1, -0.05) is 40.5 Å². The van der Waals surface area contributed by atoms with Crippen LogP contribution in [0.25, 0.3) is 0 Å². The summed E-state index contributed by atoms with van der Waals surface area (Å²) in [5.41, 5.74) is 2.92. The van der Waals surface area contributed by atoms with E-state index in [0.29, 0.717) is 0 Å². The first-order chi connectivity index (χ1) is 8.83. The quantitative estimate of drug-likeness (QED) is 0.588. The van der Waals surface area contributed by atoms with Gasteiger partial charge in [-0.3, -0.25) is 0 Å². The molecule has 0 aromatic heterocycles. The maximum Gasteiger partial charge on any atom is -0.0238 e. The molecule has 0 radical (unpaired) electrons. The second-order valence-electron chi connectivity index (χ2n) is 9.72. The Morgan fingerprint density at radius 2 is 1.16 bits per heavy atom. The van der Waals surface area contributed by atoms with Crippen molar-refractivity contribution in [3.63, 3.8) is 0 Å². The molecule has 4 rings (SSSR count). The topological polar surface area (TPSA) is 0 Å². The molecule has 0 spiro atoms. The van der Waals surface area contributed by atoms with Crippen molar-refractivity contribution in [2.24, 2.45) is 33.5 Å². The maximum absolute atomic E-state index is 2.62. The van der Waals surface area contributed by atoms with Gasteiger partial charge in [-0.25, -0.2) is 0 Å². The summed E-state index contributed by atoms with van der Waals surface area (Å²) in [4.78, 5) is 0. The third-order valence-corrected chi connectivity index (χ3v) is 8.96. The molecule has 6 unspecified atom stereocenters. The number of rotatable bonds is 2. The van der Waals surface area contributed by atoms with Gasteiger partial charge in [-0.05, 0) is 78.4 Å². The highest BCUT2D eigenvalue weighted by Crippen LogP contribution is 2.77. The lowest BCUT2D eigenvalue weighted by Crippen LogP contribution is -2.31. The molecule has 4 aliphatic carbocycles. The van der Waals surface area contributed by atoms with Gasteiger partial charge in [-0.2, -0.15) is 0 Å². The summed E-state index contributed by atoms with van der Waals surface area (Å²) in [5, 5.41) is 0. The third-order valence-electron chi connectivity index (χ3n) is 8.96. The lowest BCUT2D eigenvalue weighted by molar-refractivity contribution is 0.0943. The molecule has 108 valence electrons. The van der Waals surface area contributed by atoms with E-state index >= 15 is 0 Å². The van der Waals surface area contributed by atoms with Crippen LogP contribution in [0.4, 0.5) is 0 Å². The van der Waals surface area contributed by atoms with Gasteiger partial charge in [0.25, 0.3) is 0 Å². The predicted octanol–water partition coefficient (Wildman–Crippen LogP) is 5.81. The van der Waals surface area contributed by atoms with E-state index in [1.807, 2.05) is 0 Å². The largest absolute Gasteiger partial charge is 0.0591 e. The number of hydrogen-bond donors (Lipinski definition) is 0. The molecule has 19 heavy (non-hydrogen) atoms. The monoisotopic (exact) mass is 260 g/mol. The SMILES string of the molecule is CC12CCCC(CC3CCCC4(C)CC34C)C1(C)C2. The van der Waals surface area contributed by atoms with E-state index in [2.05, 4.69) is 27.7 Å². The number of hydrogen-bond acceptors (Lipinski definition) is 0. The van der Waals surface area contributed by atoms with E-state index in [-0.39, 0.29) is 0 Å². The molecular weight excluding hydrogens is 228 g/mol. The summed E-state index contributed by atoms with van der Waals surface area (Å²) >= 11 is 0. The van der Waals surface area contributed by atoms with Crippen molar-refractivity contribution in [1.29, 1.82) is 0 Å². The molecule has 0 heteroatoms. The molecular formula is C19H32. The average molecular weight is 260 g/mol. The van der Waals surface area contributed by atoms with E-state index in [1.54, 1.807) is 6.42 Å². The average Bonchev–Trinajstić information content (AvgIpc) is 3.10. The van der Waals surface area contributed by atoms with Gasteiger partial charge in [0.15, 0.2) is 0 Å². The van der Waals surface area contributed by atoms with Crippen molar-refractivity contribution in [2.45, 2.75) is 85.5 Å². The van der Waals surface area contributed by atoms with Gasteiger partial charge in [0.2, 0.25) is 0 Å². The molecule has 0 heterocycles. The smallest absolute Gasteiger partial charge is 0.0238 e. The summed E-state index contributed by atoms with van der Waals surface area (Å²) in [6, 6.07) is 0. The molecule has 4 saturated carbocycles. The minimum absolute atomic E-state index is 0.727. The fourth-order valence-electron chi connectivity index (χ4n) is 6.77. The Balaban J connectivity index is 1.50. The van der Waals surface area contributed by atoms with E-state index in [0.717, 1.165) is 33.5 Å². The molecule has 0 bridgehead atoms. The summed E-state index contributed by atoms with van der Waals surface area (Å²) < 4.78 is 0. The van der Waals surface area contributed by atoms with Crippen molar-refractivity contribution in [2.75, 3.05) is 0 Å². The van der Waals surface area contributed by atoms with Crippen molar-refractivity contribution in [3.8, 4) is 0 Å². The third kappa shape index (κ3) is 1.47. The minimum Gasteiger partial charge on any atom is -0.0591 e. The first-order valence-electron chi connectivity index (χ1n) is 8.83. The van der Waals surface area contributed by atoms with Crippen LogP contribution in [0.3, 0.4) is 0 Å². The van der Waals surface area contributed by atoms with Crippen LogP contribution in [0.1, 0.15) is 85.5 Å². The molecule has 0 aromatic rings. The molecule has 0 saturated heterocycles. The summed E-state index contributed by atoms with van der Waals surface area (Å²) in [6.45, 7) is 10.4. The zero-order chi connectivity index (χ0) is 13.5. The van der Waals surface area contributed by atoms with Crippen LogP contribution in [0.5, 0.6) is 0 Å². The zero-order valence-corrected chi connectivity index (χ0v) is 13.5. The number of fused-ring (bicyclic) bond motifs is 2. The highest BCUT2D eigenvalue weighted by Gasteiger charge is 2.68. The summed E-state index contributed by atoms with van der Waals surface area (Å²) in [5.74, 6) is 2.10. The van der Waals surface area contributed by atoms with Crippen LogP contribution >= 0.6 is 0 Å². The van der Waals surface area contributed by atoms with Crippen LogP contribution in [-0.2, 0) is 0 Å². The van der Waals surface area contributed by atoms with Crippen LogP contribution in [-0.4, -0.2) is 0 Å². The van der Waals surface area contributed by atoms with E-state index in [4.69, 9.17) is 0 Å². The standard InChI is InChI=1S/C19H32/c1-16-9-5-7-14(18(16,3)12-16)11-15-8-6-10-17(2)13-19(15,17)4/h14-15H,5-13H2,1-4H3. The van der Waals surface area contributed by atoms with Crippen LogP contribution < -0.4 is 0 Å². The lowest BCUT2D eigenvalue weighted by Gasteiger charge is -2.40. The Morgan fingerprint density at radius 3 is 1.58 bits per heavy atom. The Bertz CT molecular complexity index is 374. The van der Waals surface area contributed by atoms with Gasteiger partial charge >= 0.3 is 0 Å². The molecule has 4 aliphatic rings. The zero-order valence-electron chi connectivity index (χ0n) is 13.5.